The number of rotatable bonds is 10. The fraction of sp³-hybridized carbons (Fsp3) is 0.217. The number of carboxylic acids is 1. The molecule has 5 N–H and O–H groups in total. The number of oxime groups is 1. The van der Waals surface area contributed by atoms with Crippen LogP contribution in [0.4, 0.5) is 5.13 Å². The van der Waals surface area contributed by atoms with Crippen LogP contribution in [0.3, 0.4) is 0 Å². The lowest BCUT2D eigenvalue weighted by atomic mass is 10.0. The molecule has 3 amide bonds. The Balaban J connectivity index is 1.47. The number of primary amides is 1. The van der Waals surface area contributed by atoms with Crippen LogP contribution in [-0.4, -0.2) is 67.4 Å². The number of terminal acetylenes is 1. The molecular weight excluding hydrogens is 548 g/mol. The van der Waals surface area contributed by atoms with Crippen molar-refractivity contribution in [3.63, 3.8) is 0 Å². The standard InChI is InChI=1S/C23H20N8O6S2/c1-2-10-37-28-14(18-27-23(25)39-29-18)19(33)26-15-20(34)31-16(22(35)36)13(11-38-21(15)31)4-3-7-30-8-5-12(6-9-30)17(24)32/h1,3-6,8-9,15,21H,7,10-11H2,(H5-,24,25,26,27,29,32,33,35,36)/t15?,21-/m1/s1. The summed E-state index contributed by atoms with van der Waals surface area (Å²) in [5.74, 6) is -1.22. The van der Waals surface area contributed by atoms with E-state index in [4.69, 9.17) is 22.7 Å². The van der Waals surface area contributed by atoms with Crippen molar-refractivity contribution in [3.05, 3.63) is 59.3 Å². The van der Waals surface area contributed by atoms with Crippen molar-refractivity contribution < 1.29 is 33.7 Å². The summed E-state index contributed by atoms with van der Waals surface area (Å²) in [6, 6.07) is 2.08. The van der Waals surface area contributed by atoms with E-state index in [1.54, 1.807) is 41.2 Å². The molecule has 14 nitrogen and oxygen atoms in total. The van der Waals surface area contributed by atoms with E-state index in [0.29, 0.717) is 17.7 Å². The predicted molar refractivity (Wildman–Crippen MR) is 137 cm³/mol. The van der Waals surface area contributed by atoms with Gasteiger partial charge in [-0.2, -0.15) is 9.36 Å². The zero-order valence-corrected chi connectivity index (χ0v) is 21.6. The molecule has 2 atom stereocenters. The van der Waals surface area contributed by atoms with Crippen molar-refractivity contribution in [3.8, 4) is 12.3 Å². The van der Waals surface area contributed by atoms with Crippen LogP contribution in [0.2, 0.25) is 0 Å². The molecule has 2 aliphatic heterocycles. The van der Waals surface area contributed by atoms with Crippen LogP contribution >= 0.6 is 23.3 Å². The van der Waals surface area contributed by atoms with Crippen molar-refractivity contribution in [1.82, 2.24) is 19.6 Å². The number of nitrogens with two attached hydrogens (primary N) is 2. The number of nitrogens with zero attached hydrogens (tertiary/aromatic N) is 5. The first-order chi connectivity index (χ1) is 18.7. The number of nitrogens with one attached hydrogen (secondary N) is 1. The molecule has 0 spiro atoms. The Hall–Kier alpha value is -4.75. The highest BCUT2D eigenvalue weighted by Crippen LogP contribution is 2.40. The van der Waals surface area contributed by atoms with Crippen LogP contribution in [0.5, 0.6) is 0 Å². The number of carboxylic acid groups (broad SMARTS) is 1. The smallest absolute Gasteiger partial charge is 0.278 e. The van der Waals surface area contributed by atoms with Crippen LogP contribution < -0.4 is 26.5 Å². The van der Waals surface area contributed by atoms with Gasteiger partial charge in [-0.3, -0.25) is 19.3 Å². The van der Waals surface area contributed by atoms with Crippen molar-refractivity contribution in [1.29, 1.82) is 0 Å². The number of aliphatic carboxylic acids is 1. The minimum Gasteiger partial charge on any atom is -0.543 e. The van der Waals surface area contributed by atoms with Crippen LogP contribution in [0.25, 0.3) is 0 Å². The molecule has 1 fully saturated rings. The van der Waals surface area contributed by atoms with Gasteiger partial charge in [0.05, 0.1) is 17.2 Å². The molecule has 4 heterocycles. The quantitative estimate of drug-likeness (QED) is 0.0686. The van der Waals surface area contributed by atoms with Gasteiger partial charge in [0, 0.05) is 29.4 Å². The average molecular weight is 569 g/mol. The van der Waals surface area contributed by atoms with E-state index in [9.17, 15) is 24.3 Å². The molecule has 2 aromatic heterocycles. The third-order valence-corrected chi connectivity index (χ3v) is 7.31. The molecule has 0 radical (unpaired) electrons. The number of amides is 3. The Morgan fingerprint density at radius 2 is 2.13 bits per heavy atom. The lowest BCUT2D eigenvalue weighted by Crippen LogP contribution is -2.71. The van der Waals surface area contributed by atoms with Crippen molar-refractivity contribution >= 4 is 57.8 Å². The second-order valence-electron chi connectivity index (χ2n) is 7.95. The third kappa shape index (κ3) is 5.89. The van der Waals surface area contributed by atoms with Crippen molar-refractivity contribution in [2.24, 2.45) is 10.9 Å². The van der Waals surface area contributed by atoms with Crippen LogP contribution in [0.1, 0.15) is 16.2 Å². The summed E-state index contributed by atoms with van der Waals surface area (Å²) in [7, 11) is 0. The van der Waals surface area contributed by atoms with E-state index in [2.05, 4.69) is 25.8 Å². The van der Waals surface area contributed by atoms with Gasteiger partial charge in [-0.15, -0.1) is 18.2 Å². The summed E-state index contributed by atoms with van der Waals surface area (Å²) in [6.45, 7) is 0.140. The van der Waals surface area contributed by atoms with Gasteiger partial charge in [0.15, 0.2) is 30.7 Å². The number of fused-ring (bicyclic) bond motifs is 1. The van der Waals surface area contributed by atoms with E-state index in [1.807, 2.05) is 0 Å². The maximum absolute atomic E-state index is 13.0. The summed E-state index contributed by atoms with van der Waals surface area (Å²) < 4.78 is 5.68. The van der Waals surface area contributed by atoms with Gasteiger partial charge in [-0.05, 0) is 11.6 Å². The first-order valence-electron chi connectivity index (χ1n) is 11.1. The van der Waals surface area contributed by atoms with Gasteiger partial charge >= 0.3 is 0 Å². The fourth-order valence-electron chi connectivity index (χ4n) is 3.68. The number of hydrogen-bond donors (Lipinski definition) is 3. The molecule has 0 aliphatic carbocycles. The van der Waals surface area contributed by atoms with Crippen molar-refractivity contribution in [2.75, 3.05) is 18.1 Å². The predicted octanol–water partition coefficient (Wildman–Crippen LogP) is -2.48. The molecule has 0 aromatic carbocycles. The topological polar surface area (TPSA) is 210 Å². The van der Waals surface area contributed by atoms with E-state index in [-0.39, 0.29) is 34.7 Å². The molecular formula is C23H20N8O6S2. The molecule has 0 saturated carbocycles. The molecule has 200 valence electrons. The average Bonchev–Trinajstić information content (AvgIpc) is 3.35. The Morgan fingerprint density at radius 3 is 2.74 bits per heavy atom. The lowest BCUT2D eigenvalue weighted by Gasteiger charge is -2.50. The second kappa shape index (κ2) is 11.8. The second-order valence-corrected chi connectivity index (χ2v) is 9.83. The maximum Gasteiger partial charge on any atom is 0.278 e. The van der Waals surface area contributed by atoms with E-state index in [1.165, 1.54) is 11.8 Å². The number of carbonyl (C=O) groups is 4. The number of aromatic nitrogens is 3. The summed E-state index contributed by atoms with van der Waals surface area (Å²) in [4.78, 5) is 59.0. The lowest BCUT2D eigenvalue weighted by molar-refractivity contribution is -0.687. The first kappa shape index (κ1) is 27.3. The van der Waals surface area contributed by atoms with E-state index >= 15 is 0 Å². The van der Waals surface area contributed by atoms with Gasteiger partial charge in [0.2, 0.25) is 17.4 Å². The molecule has 2 aliphatic rings. The first-order valence-corrected chi connectivity index (χ1v) is 12.9. The minimum absolute atomic E-state index is 0.0848. The van der Waals surface area contributed by atoms with E-state index < -0.39 is 35.1 Å². The largest absolute Gasteiger partial charge is 0.543 e. The number of β-lactam (4-membered cyclic amide) rings is 1. The molecule has 1 saturated heterocycles. The number of anilines is 1. The Morgan fingerprint density at radius 1 is 1.38 bits per heavy atom. The zero-order chi connectivity index (χ0) is 28.1. The number of carbonyl (C=O) groups excluding carboxylic acids is 4. The van der Waals surface area contributed by atoms with Crippen molar-refractivity contribution in [2.45, 2.75) is 18.0 Å². The van der Waals surface area contributed by atoms with Crippen LogP contribution in [0.15, 0.2) is 53.1 Å². The zero-order valence-electron chi connectivity index (χ0n) is 20.0. The number of pyridine rings is 1. The highest BCUT2D eigenvalue weighted by atomic mass is 32.2. The third-order valence-electron chi connectivity index (χ3n) is 5.46. The van der Waals surface area contributed by atoms with Gasteiger partial charge in [0.1, 0.15) is 11.4 Å². The maximum atomic E-state index is 13.0. The van der Waals surface area contributed by atoms with Gasteiger partial charge in [0.25, 0.3) is 11.8 Å². The number of hydrogen-bond acceptors (Lipinski definition) is 12. The Bertz CT molecular complexity index is 1460. The Labute approximate surface area is 229 Å². The minimum atomic E-state index is -1.52. The highest BCUT2D eigenvalue weighted by Gasteiger charge is 2.53. The SMILES string of the molecule is C#CCON=C(C(=O)NC1C(=O)N2C(C(=O)[O-])=C(C=CC[n+]3ccc(C(N)=O)cc3)CS[C@H]12)c1nsc(N)n1. The molecule has 16 heteroatoms. The fourth-order valence-corrected chi connectivity index (χ4v) is 5.43. The molecule has 0 bridgehead atoms. The molecule has 4 rings (SSSR count). The number of nitrogen functional groups attached to an aromatic ring is 1. The summed E-state index contributed by atoms with van der Waals surface area (Å²) >= 11 is 2.10. The monoisotopic (exact) mass is 568 g/mol. The summed E-state index contributed by atoms with van der Waals surface area (Å²) in [6.07, 6.45) is 11.7. The summed E-state index contributed by atoms with van der Waals surface area (Å²) in [5, 5.41) is 17.6. The molecule has 39 heavy (non-hydrogen) atoms. The molecule has 2 aromatic rings. The molecule has 1 unspecified atom stereocenters. The van der Waals surface area contributed by atoms with Gasteiger partial charge < -0.3 is 31.5 Å². The van der Waals surface area contributed by atoms with Gasteiger partial charge in [-0.25, -0.2) is 4.57 Å². The number of thioether (sulfide) groups is 1. The number of allylic oxidation sites excluding steroid dienone is 2. The Kier molecular flexibility index (Phi) is 8.22. The van der Waals surface area contributed by atoms with Crippen LogP contribution in [-0.2, 0) is 25.8 Å². The highest BCUT2D eigenvalue weighted by molar-refractivity contribution is 8.00. The normalized spacial score (nSPS) is 18.8. The van der Waals surface area contributed by atoms with Crippen LogP contribution in [0, 0.1) is 12.3 Å². The van der Waals surface area contributed by atoms with Gasteiger partial charge in [-0.1, -0.05) is 17.2 Å². The van der Waals surface area contributed by atoms with E-state index in [0.717, 1.165) is 16.4 Å². The summed E-state index contributed by atoms with van der Waals surface area (Å²) in [5.41, 5.74) is 10.9.